The van der Waals surface area contributed by atoms with Gasteiger partial charge >= 0.3 is 0 Å². The molecule has 0 fully saturated rings. The zero-order valence-corrected chi connectivity index (χ0v) is 12.1. The molecular formula is C15H15N5O. The Labute approximate surface area is 122 Å². The van der Waals surface area contributed by atoms with Crippen LogP contribution in [0.1, 0.15) is 5.82 Å². The number of benzene rings is 1. The maximum atomic E-state index is 5.18. The highest BCUT2D eigenvalue weighted by molar-refractivity contribution is 5.85. The molecule has 21 heavy (non-hydrogen) atoms. The molecule has 1 aromatic carbocycles. The van der Waals surface area contributed by atoms with E-state index in [0.717, 1.165) is 17.3 Å². The third kappa shape index (κ3) is 2.47. The van der Waals surface area contributed by atoms with Crippen LogP contribution in [0.2, 0.25) is 0 Å². The number of methoxy groups -OCH3 is 1. The lowest BCUT2D eigenvalue weighted by Crippen LogP contribution is -2.13. The molecule has 6 heteroatoms. The standard InChI is InChI=1S/C15H15N5O/c1-10-18-14-13(16-8-9-17-14)15(19-10)20(2)11-4-6-12(21-3)7-5-11/h4-9H,1-3H3. The minimum atomic E-state index is 0.598. The van der Waals surface area contributed by atoms with Gasteiger partial charge in [-0.1, -0.05) is 0 Å². The average Bonchev–Trinajstić information content (AvgIpc) is 2.53. The van der Waals surface area contributed by atoms with Crippen LogP contribution in [0.4, 0.5) is 11.5 Å². The molecule has 0 N–H and O–H groups in total. The fourth-order valence-corrected chi connectivity index (χ4v) is 2.12. The number of nitrogens with zero attached hydrogens (tertiary/aromatic N) is 5. The minimum absolute atomic E-state index is 0.598. The zero-order valence-electron chi connectivity index (χ0n) is 12.1. The molecule has 0 radical (unpaired) electrons. The van der Waals surface area contributed by atoms with Crippen molar-refractivity contribution in [1.29, 1.82) is 0 Å². The molecule has 0 unspecified atom stereocenters. The maximum absolute atomic E-state index is 5.18. The summed E-state index contributed by atoms with van der Waals surface area (Å²) >= 11 is 0. The Morgan fingerprint density at radius 2 is 1.71 bits per heavy atom. The molecule has 0 aliphatic rings. The van der Waals surface area contributed by atoms with Gasteiger partial charge in [0.05, 0.1) is 7.11 Å². The smallest absolute Gasteiger partial charge is 0.183 e. The summed E-state index contributed by atoms with van der Waals surface area (Å²) in [6, 6.07) is 7.76. The van der Waals surface area contributed by atoms with Crippen molar-refractivity contribution in [3.63, 3.8) is 0 Å². The molecule has 106 valence electrons. The Morgan fingerprint density at radius 1 is 1.00 bits per heavy atom. The number of anilines is 2. The predicted molar refractivity (Wildman–Crippen MR) is 80.9 cm³/mol. The van der Waals surface area contributed by atoms with E-state index in [4.69, 9.17) is 4.74 Å². The Kier molecular flexibility index (Phi) is 3.35. The second-order valence-corrected chi connectivity index (χ2v) is 4.58. The molecule has 2 heterocycles. The molecule has 0 spiro atoms. The lowest BCUT2D eigenvalue weighted by Gasteiger charge is -2.19. The van der Waals surface area contributed by atoms with E-state index in [2.05, 4.69) is 19.9 Å². The van der Waals surface area contributed by atoms with Crippen molar-refractivity contribution in [2.45, 2.75) is 6.92 Å². The van der Waals surface area contributed by atoms with Crippen LogP contribution >= 0.6 is 0 Å². The van der Waals surface area contributed by atoms with E-state index in [1.807, 2.05) is 43.1 Å². The van der Waals surface area contributed by atoms with Gasteiger partial charge in [0.1, 0.15) is 11.6 Å². The Bertz CT molecular complexity index is 773. The fraction of sp³-hybridized carbons (Fsp3) is 0.200. The molecule has 0 aliphatic carbocycles. The van der Waals surface area contributed by atoms with Gasteiger partial charge < -0.3 is 9.64 Å². The molecule has 0 aliphatic heterocycles. The van der Waals surface area contributed by atoms with Gasteiger partial charge in [-0.3, -0.25) is 0 Å². The van der Waals surface area contributed by atoms with E-state index in [0.29, 0.717) is 17.0 Å². The zero-order chi connectivity index (χ0) is 14.8. The first-order chi connectivity index (χ1) is 10.2. The van der Waals surface area contributed by atoms with E-state index in [1.165, 1.54) is 0 Å². The topological polar surface area (TPSA) is 64.0 Å². The van der Waals surface area contributed by atoms with Gasteiger partial charge in [-0.2, -0.15) is 0 Å². The Morgan fingerprint density at radius 3 is 2.43 bits per heavy atom. The van der Waals surface area contributed by atoms with Crippen molar-refractivity contribution in [3.8, 4) is 5.75 Å². The number of hydrogen-bond donors (Lipinski definition) is 0. The highest BCUT2D eigenvalue weighted by Crippen LogP contribution is 2.27. The van der Waals surface area contributed by atoms with Crippen LogP contribution in [-0.2, 0) is 0 Å². The summed E-state index contributed by atoms with van der Waals surface area (Å²) in [5, 5.41) is 0. The summed E-state index contributed by atoms with van der Waals surface area (Å²) in [4.78, 5) is 19.4. The van der Waals surface area contributed by atoms with Gasteiger partial charge in [-0.15, -0.1) is 0 Å². The first kappa shape index (κ1) is 13.2. The van der Waals surface area contributed by atoms with Crippen molar-refractivity contribution in [1.82, 2.24) is 19.9 Å². The van der Waals surface area contributed by atoms with Crippen LogP contribution in [0, 0.1) is 6.92 Å². The van der Waals surface area contributed by atoms with Gasteiger partial charge in [-0.25, -0.2) is 19.9 Å². The average molecular weight is 281 g/mol. The number of fused-ring (bicyclic) bond motifs is 1. The lowest BCUT2D eigenvalue weighted by atomic mass is 10.2. The quantitative estimate of drug-likeness (QED) is 0.735. The molecule has 0 saturated carbocycles. The second-order valence-electron chi connectivity index (χ2n) is 4.58. The molecule has 0 bridgehead atoms. The summed E-state index contributed by atoms with van der Waals surface area (Å²) in [7, 11) is 3.59. The fourth-order valence-electron chi connectivity index (χ4n) is 2.12. The number of hydrogen-bond acceptors (Lipinski definition) is 6. The summed E-state index contributed by atoms with van der Waals surface area (Å²) in [6.07, 6.45) is 3.28. The van der Waals surface area contributed by atoms with E-state index in [9.17, 15) is 0 Å². The molecule has 0 amide bonds. The SMILES string of the molecule is COc1ccc(N(C)c2nc(C)nc3nccnc23)cc1. The van der Waals surface area contributed by atoms with E-state index >= 15 is 0 Å². The van der Waals surface area contributed by atoms with Gasteiger partial charge in [0, 0.05) is 25.1 Å². The number of aromatic nitrogens is 4. The third-order valence-corrected chi connectivity index (χ3v) is 3.20. The molecule has 0 atom stereocenters. The van der Waals surface area contributed by atoms with Crippen molar-refractivity contribution in [2.75, 3.05) is 19.1 Å². The van der Waals surface area contributed by atoms with Crippen LogP contribution in [0.15, 0.2) is 36.7 Å². The predicted octanol–water partition coefficient (Wildman–Crippen LogP) is 2.50. The first-order valence-electron chi connectivity index (χ1n) is 6.52. The third-order valence-electron chi connectivity index (χ3n) is 3.20. The lowest BCUT2D eigenvalue weighted by molar-refractivity contribution is 0.415. The maximum Gasteiger partial charge on any atom is 0.183 e. The number of aryl methyl sites for hydroxylation is 1. The van der Waals surface area contributed by atoms with Gasteiger partial charge in [0.25, 0.3) is 0 Å². The molecular weight excluding hydrogens is 266 g/mol. The van der Waals surface area contributed by atoms with Crippen LogP contribution in [0.25, 0.3) is 11.2 Å². The summed E-state index contributed by atoms with van der Waals surface area (Å²) in [5.41, 5.74) is 2.27. The normalized spacial score (nSPS) is 10.6. The van der Waals surface area contributed by atoms with Crippen molar-refractivity contribution in [3.05, 3.63) is 42.5 Å². The second kappa shape index (κ2) is 5.32. The monoisotopic (exact) mass is 281 g/mol. The van der Waals surface area contributed by atoms with Crippen LogP contribution in [-0.4, -0.2) is 34.1 Å². The summed E-state index contributed by atoms with van der Waals surface area (Å²) in [5.74, 6) is 2.21. The van der Waals surface area contributed by atoms with Gasteiger partial charge in [0.15, 0.2) is 17.0 Å². The van der Waals surface area contributed by atoms with E-state index in [1.54, 1.807) is 19.5 Å². The first-order valence-corrected chi connectivity index (χ1v) is 6.52. The van der Waals surface area contributed by atoms with Crippen molar-refractivity contribution in [2.24, 2.45) is 0 Å². The van der Waals surface area contributed by atoms with Gasteiger partial charge in [-0.05, 0) is 31.2 Å². The summed E-state index contributed by atoms with van der Waals surface area (Å²) < 4.78 is 5.18. The number of rotatable bonds is 3. The van der Waals surface area contributed by atoms with Crippen LogP contribution < -0.4 is 9.64 Å². The highest BCUT2D eigenvalue weighted by atomic mass is 16.5. The Balaban J connectivity index is 2.09. The van der Waals surface area contributed by atoms with Crippen molar-refractivity contribution < 1.29 is 4.74 Å². The molecule has 3 aromatic rings. The molecule has 3 rings (SSSR count). The number of ether oxygens (including phenoxy) is 1. The van der Waals surface area contributed by atoms with Gasteiger partial charge in [0.2, 0.25) is 0 Å². The largest absolute Gasteiger partial charge is 0.497 e. The van der Waals surface area contributed by atoms with Crippen molar-refractivity contribution >= 4 is 22.7 Å². The molecule has 0 saturated heterocycles. The van der Waals surface area contributed by atoms with E-state index in [-0.39, 0.29) is 0 Å². The van der Waals surface area contributed by atoms with Crippen LogP contribution in [0.5, 0.6) is 5.75 Å². The Hall–Kier alpha value is -2.76. The van der Waals surface area contributed by atoms with Crippen LogP contribution in [0.3, 0.4) is 0 Å². The van der Waals surface area contributed by atoms with E-state index < -0.39 is 0 Å². The molecule has 6 nitrogen and oxygen atoms in total. The summed E-state index contributed by atoms with van der Waals surface area (Å²) in [6.45, 7) is 1.85. The minimum Gasteiger partial charge on any atom is -0.497 e. The highest BCUT2D eigenvalue weighted by Gasteiger charge is 2.13. The molecule has 2 aromatic heterocycles.